The minimum atomic E-state index is -0.421. The molecule has 0 amide bonds. The van der Waals surface area contributed by atoms with E-state index in [1.807, 2.05) is 51.1 Å². The van der Waals surface area contributed by atoms with E-state index in [0.717, 1.165) is 22.0 Å². The number of ether oxygens (including phenoxy) is 3. The van der Waals surface area contributed by atoms with Crippen LogP contribution in [-0.4, -0.2) is 49.5 Å². The summed E-state index contributed by atoms with van der Waals surface area (Å²) in [6, 6.07) is 9.37. The van der Waals surface area contributed by atoms with Crippen LogP contribution in [0.15, 0.2) is 35.2 Å². The summed E-state index contributed by atoms with van der Waals surface area (Å²) in [7, 11) is 3.26. The molecule has 0 aliphatic carbocycles. The molecular formula is C21H27NO5S. The van der Waals surface area contributed by atoms with E-state index in [4.69, 9.17) is 14.2 Å². The zero-order valence-electron chi connectivity index (χ0n) is 17.0. The third kappa shape index (κ3) is 5.62. The fourth-order valence-corrected chi connectivity index (χ4v) is 3.83. The van der Waals surface area contributed by atoms with Crippen molar-refractivity contribution < 1.29 is 23.8 Å². The Hall–Kier alpha value is -2.25. The Balaban J connectivity index is 1.89. The predicted octanol–water partition coefficient (Wildman–Crippen LogP) is 3.84. The summed E-state index contributed by atoms with van der Waals surface area (Å²) in [5, 5.41) is 0. The summed E-state index contributed by atoms with van der Waals surface area (Å²) in [6.07, 6.45) is 0. The molecule has 0 N–H and O–H groups in total. The van der Waals surface area contributed by atoms with Crippen LogP contribution in [0.4, 0.5) is 0 Å². The van der Waals surface area contributed by atoms with Crippen LogP contribution in [0.1, 0.15) is 34.7 Å². The van der Waals surface area contributed by atoms with Gasteiger partial charge in [-0.1, -0.05) is 0 Å². The van der Waals surface area contributed by atoms with E-state index in [1.165, 1.54) is 11.8 Å². The highest BCUT2D eigenvalue weighted by atomic mass is 32.2. The molecule has 0 fully saturated rings. The average Bonchev–Trinajstić information content (AvgIpc) is 2.99. The van der Waals surface area contributed by atoms with Crippen molar-refractivity contribution in [1.29, 1.82) is 0 Å². The Kier molecular flexibility index (Phi) is 8.14. The van der Waals surface area contributed by atoms with Crippen molar-refractivity contribution in [3.63, 3.8) is 0 Å². The van der Waals surface area contributed by atoms with Gasteiger partial charge in [0.1, 0.15) is 5.75 Å². The second-order valence-corrected chi connectivity index (χ2v) is 7.56. The smallest absolute Gasteiger partial charge is 0.316 e. The van der Waals surface area contributed by atoms with Gasteiger partial charge in [-0.25, -0.2) is 0 Å². The Morgan fingerprint density at radius 1 is 1.14 bits per heavy atom. The fraction of sp³-hybridized carbons (Fsp3) is 0.429. The average molecular weight is 406 g/mol. The molecule has 2 aromatic rings. The van der Waals surface area contributed by atoms with Crippen LogP contribution in [-0.2, 0) is 14.3 Å². The number of benzene rings is 1. The molecule has 28 heavy (non-hydrogen) atoms. The van der Waals surface area contributed by atoms with Gasteiger partial charge >= 0.3 is 5.97 Å². The first-order valence-electron chi connectivity index (χ1n) is 9.00. The van der Waals surface area contributed by atoms with E-state index in [0.29, 0.717) is 12.2 Å². The Labute approximate surface area is 170 Å². The molecule has 7 heteroatoms. The molecule has 152 valence electrons. The van der Waals surface area contributed by atoms with Gasteiger partial charge in [-0.3, -0.25) is 9.59 Å². The van der Waals surface area contributed by atoms with Crippen molar-refractivity contribution in [2.75, 3.05) is 33.2 Å². The molecule has 0 unspecified atom stereocenters. The maximum Gasteiger partial charge on any atom is 0.316 e. The second-order valence-electron chi connectivity index (χ2n) is 6.51. The van der Waals surface area contributed by atoms with Crippen LogP contribution in [0.3, 0.4) is 0 Å². The molecule has 6 nitrogen and oxygen atoms in total. The summed E-state index contributed by atoms with van der Waals surface area (Å²) in [6.45, 7) is 6.18. The van der Waals surface area contributed by atoms with Gasteiger partial charge in [0, 0.05) is 29.0 Å². The molecule has 1 aromatic carbocycles. The molecule has 0 aliphatic heterocycles. The molecule has 0 aliphatic rings. The lowest BCUT2D eigenvalue weighted by Crippen LogP contribution is -2.17. The maximum absolute atomic E-state index is 12.5. The molecule has 0 radical (unpaired) electrons. The quantitative estimate of drug-likeness (QED) is 0.340. The first kappa shape index (κ1) is 22.0. The third-order valence-electron chi connectivity index (χ3n) is 4.41. The van der Waals surface area contributed by atoms with Crippen molar-refractivity contribution in [2.45, 2.75) is 31.7 Å². The Bertz CT molecular complexity index is 813. The van der Waals surface area contributed by atoms with Gasteiger partial charge in [-0.15, -0.1) is 11.8 Å². The molecule has 1 heterocycles. The minimum Gasteiger partial charge on any atom is -0.497 e. The monoisotopic (exact) mass is 405 g/mol. The van der Waals surface area contributed by atoms with Crippen LogP contribution in [0, 0.1) is 13.8 Å². The number of thioether (sulfide) groups is 1. The summed E-state index contributed by atoms with van der Waals surface area (Å²) >= 11 is 1.35. The Morgan fingerprint density at radius 3 is 2.43 bits per heavy atom. The number of methoxy groups -OCH3 is 2. The SMILES string of the molecule is COC[C@@H](C)n1c(C)cc(C(=O)COC(=O)CSc2ccc(OC)cc2)c1C. The van der Waals surface area contributed by atoms with E-state index < -0.39 is 5.97 Å². The molecule has 0 bridgehead atoms. The number of rotatable bonds is 10. The van der Waals surface area contributed by atoms with E-state index in [-0.39, 0.29) is 24.2 Å². The van der Waals surface area contributed by atoms with Gasteiger partial charge in [0.25, 0.3) is 0 Å². The topological polar surface area (TPSA) is 66.8 Å². The van der Waals surface area contributed by atoms with Crippen LogP contribution in [0.5, 0.6) is 5.75 Å². The van der Waals surface area contributed by atoms with Gasteiger partial charge in [-0.05, 0) is 51.1 Å². The number of ketones is 1. The molecular weight excluding hydrogens is 378 g/mol. The van der Waals surface area contributed by atoms with E-state index >= 15 is 0 Å². The highest BCUT2D eigenvalue weighted by Crippen LogP contribution is 2.23. The molecule has 2 rings (SSSR count). The second kappa shape index (κ2) is 10.3. The van der Waals surface area contributed by atoms with Crippen molar-refractivity contribution in [3.8, 4) is 5.75 Å². The predicted molar refractivity (Wildman–Crippen MR) is 110 cm³/mol. The van der Waals surface area contributed by atoms with Crippen molar-refractivity contribution in [3.05, 3.63) is 47.3 Å². The number of aromatic nitrogens is 1. The number of hydrogen-bond donors (Lipinski definition) is 0. The van der Waals surface area contributed by atoms with Crippen LogP contribution in [0.25, 0.3) is 0 Å². The van der Waals surface area contributed by atoms with Crippen LogP contribution < -0.4 is 4.74 Å². The van der Waals surface area contributed by atoms with E-state index in [1.54, 1.807) is 14.2 Å². The lowest BCUT2D eigenvalue weighted by Gasteiger charge is -2.17. The zero-order chi connectivity index (χ0) is 20.7. The molecule has 0 saturated carbocycles. The number of carbonyl (C=O) groups excluding carboxylic acids is 2. The van der Waals surface area contributed by atoms with Gasteiger partial charge in [0.05, 0.1) is 25.5 Å². The van der Waals surface area contributed by atoms with Gasteiger partial charge < -0.3 is 18.8 Å². The summed E-state index contributed by atoms with van der Waals surface area (Å²) < 4.78 is 17.5. The first-order valence-corrected chi connectivity index (χ1v) is 9.99. The first-order chi connectivity index (χ1) is 13.4. The summed E-state index contributed by atoms with van der Waals surface area (Å²) in [5.41, 5.74) is 2.42. The van der Waals surface area contributed by atoms with E-state index in [2.05, 4.69) is 4.57 Å². The number of hydrogen-bond acceptors (Lipinski definition) is 6. The number of Topliss-reactive ketones (excluding diaryl/α,β-unsaturated/α-hetero) is 1. The highest BCUT2D eigenvalue weighted by Gasteiger charge is 2.20. The summed E-state index contributed by atoms with van der Waals surface area (Å²) in [5.74, 6) is 0.279. The minimum absolute atomic E-state index is 0.120. The van der Waals surface area contributed by atoms with Gasteiger partial charge in [0.15, 0.2) is 6.61 Å². The molecule has 1 aromatic heterocycles. The largest absolute Gasteiger partial charge is 0.497 e. The third-order valence-corrected chi connectivity index (χ3v) is 5.40. The lowest BCUT2D eigenvalue weighted by molar-refractivity contribution is -0.139. The normalized spacial score (nSPS) is 11.9. The number of nitrogens with zero attached hydrogens (tertiary/aromatic N) is 1. The van der Waals surface area contributed by atoms with E-state index in [9.17, 15) is 9.59 Å². The number of esters is 1. The van der Waals surface area contributed by atoms with Crippen molar-refractivity contribution >= 4 is 23.5 Å². The van der Waals surface area contributed by atoms with Crippen molar-refractivity contribution in [1.82, 2.24) is 4.57 Å². The molecule has 1 atom stereocenters. The van der Waals surface area contributed by atoms with Gasteiger partial charge in [-0.2, -0.15) is 0 Å². The van der Waals surface area contributed by atoms with Crippen LogP contribution >= 0.6 is 11.8 Å². The number of aryl methyl sites for hydroxylation is 1. The van der Waals surface area contributed by atoms with Crippen LogP contribution in [0.2, 0.25) is 0 Å². The lowest BCUT2D eigenvalue weighted by atomic mass is 10.1. The molecule has 0 saturated heterocycles. The fourth-order valence-electron chi connectivity index (χ4n) is 3.13. The number of carbonyl (C=O) groups is 2. The Morgan fingerprint density at radius 2 is 1.82 bits per heavy atom. The summed E-state index contributed by atoms with van der Waals surface area (Å²) in [4.78, 5) is 25.4. The standard InChI is InChI=1S/C21H27NO5S/c1-14-10-19(16(3)22(14)15(2)11-25-4)20(23)12-27-21(24)13-28-18-8-6-17(26-5)7-9-18/h6-10,15H,11-13H2,1-5H3/t15-/m1/s1. The van der Waals surface area contributed by atoms with Crippen molar-refractivity contribution in [2.24, 2.45) is 0 Å². The maximum atomic E-state index is 12.5. The molecule has 0 spiro atoms. The van der Waals surface area contributed by atoms with Gasteiger partial charge in [0.2, 0.25) is 5.78 Å². The highest BCUT2D eigenvalue weighted by molar-refractivity contribution is 8.00. The zero-order valence-corrected chi connectivity index (χ0v) is 17.8.